The molecule has 4 nitrogen and oxygen atoms in total. The van der Waals surface area contributed by atoms with E-state index in [1.165, 1.54) is 6.08 Å². The Labute approximate surface area is 117 Å². The van der Waals surface area contributed by atoms with Gasteiger partial charge in [-0.3, -0.25) is 9.89 Å². The van der Waals surface area contributed by atoms with E-state index in [2.05, 4.69) is 31.4 Å². The molecule has 0 bridgehead atoms. The molecule has 1 atom stereocenters. The summed E-state index contributed by atoms with van der Waals surface area (Å²) in [5, 5.41) is 9.44. The van der Waals surface area contributed by atoms with Gasteiger partial charge in [-0.1, -0.05) is 0 Å². The summed E-state index contributed by atoms with van der Waals surface area (Å²) < 4.78 is 1.05. The van der Waals surface area contributed by atoms with Crippen LogP contribution in [0.1, 0.15) is 23.4 Å². The third kappa shape index (κ3) is 3.54. The molecule has 0 radical (unpaired) electrons. The molecule has 0 aliphatic carbocycles. The third-order valence-corrected chi connectivity index (χ3v) is 3.96. The summed E-state index contributed by atoms with van der Waals surface area (Å²) in [6, 6.07) is 3.85. The van der Waals surface area contributed by atoms with Crippen LogP contribution in [-0.2, 0) is 4.79 Å². The summed E-state index contributed by atoms with van der Waals surface area (Å²) in [4.78, 5) is 12.7. The predicted octanol–water partition coefficient (Wildman–Crippen LogP) is 3.12. The molecule has 0 saturated carbocycles. The second kappa shape index (κ2) is 5.97. The standard InChI is InChI=1S/C12H12BrN3OS/c1-8(9-6-14-15-7-9)16-12(17)5-3-10-2-4-11(13)18-10/h2-8H,1H3,(H,14,15)(H,16,17)/b5-3+. The molecule has 1 unspecified atom stereocenters. The number of nitrogens with zero attached hydrogens (tertiary/aromatic N) is 1. The molecule has 0 spiro atoms. The number of H-pyrrole nitrogens is 1. The van der Waals surface area contributed by atoms with Gasteiger partial charge in [0.1, 0.15) is 0 Å². The average Bonchev–Trinajstić information content (AvgIpc) is 2.97. The number of hydrogen-bond donors (Lipinski definition) is 2. The van der Waals surface area contributed by atoms with Crippen molar-refractivity contribution in [2.75, 3.05) is 0 Å². The Morgan fingerprint density at radius 1 is 1.61 bits per heavy atom. The highest BCUT2D eigenvalue weighted by molar-refractivity contribution is 9.11. The lowest BCUT2D eigenvalue weighted by molar-refractivity contribution is -0.117. The van der Waals surface area contributed by atoms with E-state index in [0.717, 1.165) is 14.2 Å². The zero-order valence-corrected chi connectivity index (χ0v) is 12.1. The smallest absolute Gasteiger partial charge is 0.244 e. The van der Waals surface area contributed by atoms with Crippen molar-refractivity contribution in [3.05, 3.63) is 44.8 Å². The normalized spacial score (nSPS) is 12.8. The highest BCUT2D eigenvalue weighted by Crippen LogP contribution is 2.22. The van der Waals surface area contributed by atoms with E-state index >= 15 is 0 Å². The Morgan fingerprint density at radius 3 is 3.06 bits per heavy atom. The lowest BCUT2D eigenvalue weighted by Gasteiger charge is -2.09. The number of aromatic amines is 1. The molecule has 0 aromatic carbocycles. The van der Waals surface area contributed by atoms with Crippen LogP contribution in [0.4, 0.5) is 0 Å². The third-order valence-electron chi connectivity index (χ3n) is 2.37. The van der Waals surface area contributed by atoms with E-state index in [0.29, 0.717) is 0 Å². The fourth-order valence-corrected chi connectivity index (χ4v) is 2.74. The monoisotopic (exact) mass is 325 g/mol. The molecule has 2 rings (SSSR count). The number of carbonyl (C=O) groups is 1. The zero-order valence-electron chi connectivity index (χ0n) is 9.68. The van der Waals surface area contributed by atoms with Gasteiger partial charge in [-0.25, -0.2) is 0 Å². The largest absolute Gasteiger partial charge is 0.346 e. The maximum absolute atomic E-state index is 11.7. The lowest BCUT2D eigenvalue weighted by Crippen LogP contribution is -2.24. The van der Waals surface area contributed by atoms with Crippen molar-refractivity contribution >= 4 is 39.2 Å². The van der Waals surface area contributed by atoms with Crippen molar-refractivity contribution in [1.29, 1.82) is 0 Å². The minimum atomic E-state index is -0.117. The van der Waals surface area contributed by atoms with Gasteiger partial charge in [0, 0.05) is 22.7 Å². The van der Waals surface area contributed by atoms with E-state index < -0.39 is 0 Å². The number of halogens is 1. The Morgan fingerprint density at radius 2 is 2.44 bits per heavy atom. The van der Waals surface area contributed by atoms with Crippen LogP contribution in [0, 0.1) is 0 Å². The van der Waals surface area contributed by atoms with Crippen LogP contribution >= 0.6 is 27.3 Å². The van der Waals surface area contributed by atoms with Gasteiger partial charge in [0.2, 0.25) is 5.91 Å². The average molecular weight is 326 g/mol. The SMILES string of the molecule is CC(NC(=O)/C=C/c1ccc(Br)s1)c1cn[nH]c1. The first-order chi connectivity index (χ1) is 8.65. The maximum Gasteiger partial charge on any atom is 0.244 e. The minimum absolute atomic E-state index is 0.0593. The van der Waals surface area contributed by atoms with E-state index in [9.17, 15) is 4.79 Å². The highest BCUT2D eigenvalue weighted by Gasteiger charge is 2.07. The first kappa shape index (κ1) is 13.0. The molecule has 0 aliphatic rings. The Balaban J connectivity index is 1.91. The van der Waals surface area contributed by atoms with Crippen LogP contribution in [0.25, 0.3) is 6.08 Å². The van der Waals surface area contributed by atoms with Crippen molar-refractivity contribution in [2.45, 2.75) is 13.0 Å². The molecule has 1 amide bonds. The molecule has 2 heterocycles. The van der Waals surface area contributed by atoms with Gasteiger partial charge in [-0.05, 0) is 41.1 Å². The summed E-state index contributed by atoms with van der Waals surface area (Å²) in [5.74, 6) is -0.117. The number of amides is 1. The van der Waals surface area contributed by atoms with Crippen LogP contribution in [-0.4, -0.2) is 16.1 Å². The van der Waals surface area contributed by atoms with Crippen molar-refractivity contribution in [3.8, 4) is 0 Å². The summed E-state index contributed by atoms with van der Waals surface area (Å²) in [6.07, 6.45) is 6.80. The number of hydrogen-bond acceptors (Lipinski definition) is 3. The van der Waals surface area contributed by atoms with Gasteiger partial charge in [0.05, 0.1) is 16.0 Å². The van der Waals surface area contributed by atoms with Crippen molar-refractivity contribution in [1.82, 2.24) is 15.5 Å². The quantitative estimate of drug-likeness (QED) is 0.848. The fourth-order valence-electron chi connectivity index (χ4n) is 1.42. The molecule has 2 aromatic rings. The maximum atomic E-state index is 11.7. The van der Waals surface area contributed by atoms with Gasteiger partial charge in [-0.2, -0.15) is 5.10 Å². The van der Waals surface area contributed by atoms with Crippen LogP contribution in [0.5, 0.6) is 0 Å². The van der Waals surface area contributed by atoms with Crippen molar-refractivity contribution in [3.63, 3.8) is 0 Å². The Kier molecular flexibility index (Phi) is 4.33. The number of rotatable bonds is 4. The minimum Gasteiger partial charge on any atom is -0.346 e. The van der Waals surface area contributed by atoms with E-state index in [1.54, 1.807) is 29.8 Å². The first-order valence-electron chi connectivity index (χ1n) is 5.38. The van der Waals surface area contributed by atoms with E-state index in [4.69, 9.17) is 0 Å². The van der Waals surface area contributed by atoms with Crippen LogP contribution in [0.2, 0.25) is 0 Å². The zero-order chi connectivity index (χ0) is 13.0. The second-order valence-electron chi connectivity index (χ2n) is 3.74. The molecule has 18 heavy (non-hydrogen) atoms. The van der Waals surface area contributed by atoms with Crippen LogP contribution in [0.3, 0.4) is 0 Å². The number of aromatic nitrogens is 2. The highest BCUT2D eigenvalue weighted by atomic mass is 79.9. The number of thiophene rings is 1. The molecule has 6 heteroatoms. The van der Waals surface area contributed by atoms with Crippen LogP contribution < -0.4 is 5.32 Å². The van der Waals surface area contributed by atoms with Gasteiger partial charge >= 0.3 is 0 Å². The Bertz CT molecular complexity index is 547. The molecular weight excluding hydrogens is 314 g/mol. The fraction of sp³-hybridized carbons (Fsp3) is 0.167. The van der Waals surface area contributed by atoms with Gasteiger partial charge in [0.15, 0.2) is 0 Å². The molecule has 2 aromatic heterocycles. The van der Waals surface area contributed by atoms with E-state index in [-0.39, 0.29) is 11.9 Å². The topological polar surface area (TPSA) is 57.8 Å². The molecule has 94 valence electrons. The number of carbonyl (C=O) groups excluding carboxylic acids is 1. The molecule has 0 saturated heterocycles. The van der Waals surface area contributed by atoms with E-state index in [1.807, 2.05) is 19.1 Å². The predicted molar refractivity (Wildman–Crippen MR) is 76.2 cm³/mol. The van der Waals surface area contributed by atoms with Gasteiger partial charge in [0.25, 0.3) is 0 Å². The molecule has 0 fully saturated rings. The van der Waals surface area contributed by atoms with Crippen LogP contribution in [0.15, 0.2) is 34.4 Å². The summed E-state index contributed by atoms with van der Waals surface area (Å²) in [7, 11) is 0. The summed E-state index contributed by atoms with van der Waals surface area (Å²) in [5.41, 5.74) is 0.954. The summed E-state index contributed by atoms with van der Waals surface area (Å²) in [6.45, 7) is 1.92. The lowest BCUT2D eigenvalue weighted by atomic mass is 10.2. The summed E-state index contributed by atoms with van der Waals surface area (Å²) >= 11 is 4.96. The van der Waals surface area contributed by atoms with Crippen molar-refractivity contribution < 1.29 is 4.79 Å². The van der Waals surface area contributed by atoms with Crippen molar-refractivity contribution in [2.24, 2.45) is 0 Å². The van der Waals surface area contributed by atoms with Gasteiger partial charge < -0.3 is 5.32 Å². The molecule has 0 aliphatic heterocycles. The number of nitrogens with one attached hydrogen (secondary N) is 2. The molecular formula is C12H12BrN3OS. The van der Waals surface area contributed by atoms with Gasteiger partial charge in [-0.15, -0.1) is 11.3 Å². The second-order valence-corrected chi connectivity index (χ2v) is 6.23. The molecule has 2 N–H and O–H groups in total. The Hall–Kier alpha value is -1.40. The first-order valence-corrected chi connectivity index (χ1v) is 6.98.